The van der Waals surface area contributed by atoms with Gasteiger partial charge in [-0.25, -0.2) is 9.66 Å². The minimum absolute atomic E-state index is 0.327. The summed E-state index contributed by atoms with van der Waals surface area (Å²) >= 11 is 9.52. The number of imidazole rings is 1. The molecule has 0 aliphatic rings. The van der Waals surface area contributed by atoms with Gasteiger partial charge in [0.05, 0.1) is 18.1 Å². The SMILES string of the molecule is Cc1cn(N=Cc2cc(Cl)ccc2OCc2ccc(Br)cc2)c(N)n1. The molecule has 0 saturated heterocycles. The third-order valence-corrected chi connectivity index (χ3v) is 4.20. The number of aromatic nitrogens is 2. The highest BCUT2D eigenvalue weighted by molar-refractivity contribution is 9.10. The number of anilines is 1. The predicted octanol–water partition coefficient (Wildman–Crippen LogP) is 4.65. The van der Waals surface area contributed by atoms with Crippen molar-refractivity contribution in [1.82, 2.24) is 9.66 Å². The zero-order chi connectivity index (χ0) is 17.8. The average molecular weight is 420 g/mol. The summed E-state index contributed by atoms with van der Waals surface area (Å²) in [6.07, 6.45) is 3.40. The zero-order valence-corrected chi connectivity index (χ0v) is 15.8. The van der Waals surface area contributed by atoms with E-state index < -0.39 is 0 Å². The molecule has 0 saturated carbocycles. The number of hydrogen-bond donors (Lipinski definition) is 1. The van der Waals surface area contributed by atoms with Crippen molar-refractivity contribution >= 4 is 39.7 Å². The highest BCUT2D eigenvalue weighted by Gasteiger charge is 2.05. The van der Waals surface area contributed by atoms with Crippen molar-refractivity contribution in [3.8, 4) is 5.75 Å². The summed E-state index contributed by atoms with van der Waals surface area (Å²) in [5, 5.41) is 4.93. The van der Waals surface area contributed by atoms with Gasteiger partial charge < -0.3 is 10.5 Å². The summed E-state index contributed by atoms with van der Waals surface area (Å²) < 4.78 is 8.46. The van der Waals surface area contributed by atoms with E-state index in [1.54, 1.807) is 24.5 Å². The van der Waals surface area contributed by atoms with Crippen molar-refractivity contribution in [3.05, 3.63) is 75.0 Å². The molecule has 25 heavy (non-hydrogen) atoms. The summed E-state index contributed by atoms with van der Waals surface area (Å²) in [6, 6.07) is 13.4. The second-order valence-corrected chi connectivity index (χ2v) is 6.78. The van der Waals surface area contributed by atoms with Crippen molar-refractivity contribution < 1.29 is 4.74 Å². The third-order valence-electron chi connectivity index (χ3n) is 3.44. The molecule has 0 spiro atoms. The maximum Gasteiger partial charge on any atom is 0.221 e. The van der Waals surface area contributed by atoms with Crippen molar-refractivity contribution in [2.45, 2.75) is 13.5 Å². The van der Waals surface area contributed by atoms with Gasteiger partial charge in [0.1, 0.15) is 12.4 Å². The maximum atomic E-state index is 6.10. The molecule has 0 bridgehead atoms. The molecule has 0 fully saturated rings. The Kier molecular flexibility index (Phi) is 5.40. The van der Waals surface area contributed by atoms with Gasteiger partial charge in [-0.15, -0.1) is 0 Å². The highest BCUT2D eigenvalue weighted by atomic mass is 79.9. The number of aryl methyl sites for hydroxylation is 1. The van der Waals surface area contributed by atoms with Crippen molar-refractivity contribution in [1.29, 1.82) is 0 Å². The van der Waals surface area contributed by atoms with E-state index in [2.05, 4.69) is 26.0 Å². The van der Waals surface area contributed by atoms with E-state index in [1.165, 1.54) is 4.68 Å². The van der Waals surface area contributed by atoms with E-state index in [1.807, 2.05) is 37.3 Å². The number of hydrogen-bond acceptors (Lipinski definition) is 4. The van der Waals surface area contributed by atoms with Crippen LogP contribution in [0.2, 0.25) is 5.02 Å². The summed E-state index contributed by atoms with van der Waals surface area (Å²) in [5.74, 6) is 1.01. The van der Waals surface area contributed by atoms with Gasteiger partial charge >= 0.3 is 0 Å². The lowest BCUT2D eigenvalue weighted by atomic mass is 10.2. The van der Waals surface area contributed by atoms with Crippen LogP contribution in [0.15, 0.2) is 58.2 Å². The fourth-order valence-corrected chi connectivity index (χ4v) is 2.66. The first-order chi connectivity index (χ1) is 12.0. The maximum absolute atomic E-state index is 6.10. The molecule has 0 aliphatic heterocycles. The number of nitrogen functional groups attached to an aromatic ring is 1. The molecule has 3 aromatic rings. The van der Waals surface area contributed by atoms with Crippen molar-refractivity contribution in [2.24, 2.45) is 5.10 Å². The van der Waals surface area contributed by atoms with Gasteiger partial charge in [0.15, 0.2) is 0 Å². The zero-order valence-electron chi connectivity index (χ0n) is 13.5. The summed E-state index contributed by atoms with van der Waals surface area (Å²) in [5.41, 5.74) is 8.42. The number of halogens is 2. The highest BCUT2D eigenvalue weighted by Crippen LogP contribution is 2.23. The van der Waals surface area contributed by atoms with E-state index in [0.717, 1.165) is 21.3 Å². The molecule has 1 aromatic heterocycles. The number of benzene rings is 2. The monoisotopic (exact) mass is 418 g/mol. The first-order valence-corrected chi connectivity index (χ1v) is 8.71. The fourth-order valence-electron chi connectivity index (χ4n) is 2.21. The molecule has 0 amide bonds. The standard InChI is InChI=1S/C18H16BrClN4O/c1-12-10-24(18(21)23-12)22-9-14-8-16(20)6-7-17(14)25-11-13-2-4-15(19)5-3-13/h2-10H,11H2,1H3,(H2,21,23). The van der Waals surface area contributed by atoms with Crippen LogP contribution >= 0.6 is 27.5 Å². The first-order valence-electron chi connectivity index (χ1n) is 7.54. The summed E-state index contributed by atoms with van der Waals surface area (Å²) in [6.45, 7) is 2.30. The van der Waals surface area contributed by atoms with Crippen LogP contribution in [0.5, 0.6) is 5.75 Å². The molecule has 128 valence electrons. The minimum Gasteiger partial charge on any atom is -0.488 e. The minimum atomic E-state index is 0.327. The van der Waals surface area contributed by atoms with Gasteiger partial charge in [-0.3, -0.25) is 0 Å². The molecule has 1 heterocycles. The topological polar surface area (TPSA) is 65.4 Å². The van der Waals surface area contributed by atoms with E-state index in [0.29, 0.717) is 23.3 Å². The lowest BCUT2D eigenvalue weighted by Crippen LogP contribution is -2.00. The molecular weight excluding hydrogens is 404 g/mol. The molecule has 0 atom stereocenters. The Hall–Kier alpha value is -2.31. The number of nitrogens with two attached hydrogens (primary N) is 1. The van der Waals surface area contributed by atoms with E-state index in [9.17, 15) is 0 Å². The van der Waals surface area contributed by atoms with Crippen LogP contribution in [0, 0.1) is 6.92 Å². The Bertz CT molecular complexity index is 906. The predicted molar refractivity (Wildman–Crippen MR) is 104 cm³/mol. The van der Waals surface area contributed by atoms with Crippen LogP contribution in [0.1, 0.15) is 16.8 Å². The third kappa shape index (κ3) is 4.61. The summed E-state index contributed by atoms with van der Waals surface area (Å²) in [7, 11) is 0. The van der Waals surface area contributed by atoms with Gasteiger partial charge in [0, 0.05) is 15.1 Å². The Morgan fingerprint density at radius 1 is 1.28 bits per heavy atom. The number of nitrogens with zero attached hydrogens (tertiary/aromatic N) is 3. The van der Waals surface area contributed by atoms with Gasteiger partial charge in [-0.05, 0) is 42.8 Å². The lowest BCUT2D eigenvalue weighted by Gasteiger charge is -2.10. The van der Waals surface area contributed by atoms with Crippen LogP contribution in [0.4, 0.5) is 5.95 Å². The normalized spacial score (nSPS) is 11.2. The molecule has 2 aromatic carbocycles. The van der Waals surface area contributed by atoms with E-state index >= 15 is 0 Å². The second-order valence-electron chi connectivity index (χ2n) is 5.43. The van der Waals surface area contributed by atoms with Crippen LogP contribution in [-0.2, 0) is 6.61 Å². The van der Waals surface area contributed by atoms with Crippen molar-refractivity contribution in [2.75, 3.05) is 5.73 Å². The summed E-state index contributed by atoms with van der Waals surface area (Å²) in [4.78, 5) is 4.11. The molecule has 0 aliphatic carbocycles. The van der Waals surface area contributed by atoms with Gasteiger partial charge in [-0.1, -0.05) is 39.7 Å². The van der Waals surface area contributed by atoms with Gasteiger partial charge in [-0.2, -0.15) is 5.10 Å². The Morgan fingerprint density at radius 2 is 2.04 bits per heavy atom. The first kappa shape index (κ1) is 17.5. The number of rotatable bonds is 5. The number of ether oxygens (including phenoxy) is 1. The van der Waals surface area contributed by atoms with E-state index in [4.69, 9.17) is 22.1 Å². The fraction of sp³-hybridized carbons (Fsp3) is 0.111. The molecule has 2 N–H and O–H groups in total. The van der Waals surface area contributed by atoms with Crippen LogP contribution in [0.3, 0.4) is 0 Å². The molecule has 3 rings (SSSR count). The van der Waals surface area contributed by atoms with Crippen LogP contribution < -0.4 is 10.5 Å². The van der Waals surface area contributed by atoms with Crippen molar-refractivity contribution in [3.63, 3.8) is 0 Å². The van der Waals surface area contributed by atoms with Crippen LogP contribution in [-0.4, -0.2) is 15.9 Å². The molecule has 0 radical (unpaired) electrons. The second kappa shape index (κ2) is 7.72. The molecule has 7 heteroatoms. The van der Waals surface area contributed by atoms with Gasteiger partial charge in [0.2, 0.25) is 5.95 Å². The Morgan fingerprint density at radius 3 is 2.72 bits per heavy atom. The van der Waals surface area contributed by atoms with Gasteiger partial charge in [0.25, 0.3) is 0 Å². The largest absolute Gasteiger partial charge is 0.488 e. The molecule has 0 unspecified atom stereocenters. The van der Waals surface area contributed by atoms with E-state index in [-0.39, 0.29) is 0 Å². The average Bonchev–Trinajstić information content (AvgIpc) is 2.91. The Balaban J connectivity index is 1.80. The lowest BCUT2D eigenvalue weighted by molar-refractivity contribution is 0.306. The van der Waals surface area contributed by atoms with Crippen LogP contribution in [0.25, 0.3) is 0 Å². The smallest absolute Gasteiger partial charge is 0.221 e. The molecule has 5 nitrogen and oxygen atoms in total. The molecular formula is C18H16BrClN4O. The quantitative estimate of drug-likeness (QED) is 0.612. The Labute approximate surface area is 159 Å².